The second-order valence-corrected chi connectivity index (χ2v) is 3.93. The number of nitrogens with zero attached hydrogens (tertiary/aromatic N) is 2. The van der Waals surface area contributed by atoms with E-state index in [9.17, 15) is 14.4 Å². The number of carboxylic acids is 1. The highest BCUT2D eigenvalue weighted by atomic mass is 16.4. The van der Waals surface area contributed by atoms with Crippen molar-refractivity contribution in [3.05, 3.63) is 0 Å². The van der Waals surface area contributed by atoms with Gasteiger partial charge in [0.15, 0.2) is 0 Å². The molecule has 1 fully saturated rings. The monoisotopic (exact) mass is 228 g/mol. The minimum Gasteiger partial charge on any atom is -0.480 e. The topological polar surface area (TPSA) is 77.9 Å². The molecule has 0 aromatic heterocycles. The molecule has 0 radical (unpaired) electrons. The van der Waals surface area contributed by atoms with E-state index in [0.29, 0.717) is 6.54 Å². The van der Waals surface area contributed by atoms with Crippen molar-refractivity contribution < 1.29 is 19.5 Å². The summed E-state index contributed by atoms with van der Waals surface area (Å²) in [5.74, 6) is -1.25. The summed E-state index contributed by atoms with van der Waals surface area (Å²) in [5, 5.41) is 8.76. The molecule has 1 unspecified atom stereocenters. The van der Waals surface area contributed by atoms with Gasteiger partial charge in [-0.25, -0.2) is 0 Å². The highest BCUT2D eigenvalue weighted by Crippen LogP contribution is 2.11. The first-order chi connectivity index (χ1) is 7.43. The first-order valence-electron chi connectivity index (χ1n) is 5.19. The van der Waals surface area contributed by atoms with E-state index in [0.717, 1.165) is 0 Å². The number of carbonyl (C=O) groups excluding carboxylic acids is 2. The van der Waals surface area contributed by atoms with Crippen LogP contribution in [-0.4, -0.2) is 58.9 Å². The highest BCUT2D eigenvalue weighted by Gasteiger charge is 2.29. The van der Waals surface area contributed by atoms with Crippen LogP contribution >= 0.6 is 0 Å². The van der Waals surface area contributed by atoms with E-state index in [1.807, 2.05) is 0 Å². The third-order valence-electron chi connectivity index (χ3n) is 2.85. The zero-order valence-corrected chi connectivity index (χ0v) is 9.47. The molecule has 1 atom stereocenters. The van der Waals surface area contributed by atoms with Crippen molar-refractivity contribution in [1.82, 2.24) is 9.80 Å². The molecular weight excluding hydrogens is 212 g/mol. The molecule has 6 heteroatoms. The van der Waals surface area contributed by atoms with Crippen molar-refractivity contribution in [3.8, 4) is 0 Å². The van der Waals surface area contributed by atoms with Crippen LogP contribution in [0.5, 0.6) is 0 Å². The Kier molecular flexibility index (Phi) is 4.00. The van der Waals surface area contributed by atoms with Crippen LogP contribution < -0.4 is 0 Å². The van der Waals surface area contributed by atoms with E-state index in [4.69, 9.17) is 5.11 Å². The zero-order chi connectivity index (χ0) is 12.3. The lowest BCUT2D eigenvalue weighted by molar-refractivity contribution is -0.142. The summed E-state index contributed by atoms with van der Waals surface area (Å²) in [5.41, 5.74) is 0. The van der Waals surface area contributed by atoms with Gasteiger partial charge >= 0.3 is 5.97 Å². The minimum atomic E-state index is -0.915. The maximum atomic E-state index is 11.3. The summed E-state index contributed by atoms with van der Waals surface area (Å²) in [7, 11) is 1.66. The van der Waals surface area contributed by atoms with E-state index < -0.39 is 12.0 Å². The van der Waals surface area contributed by atoms with Crippen molar-refractivity contribution >= 4 is 17.8 Å². The van der Waals surface area contributed by atoms with Gasteiger partial charge in [0.25, 0.3) is 0 Å². The Morgan fingerprint density at radius 2 is 1.94 bits per heavy atom. The summed E-state index contributed by atoms with van der Waals surface area (Å²) < 4.78 is 0. The van der Waals surface area contributed by atoms with Crippen LogP contribution in [0.25, 0.3) is 0 Å². The lowest BCUT2D eigenvalue weighted by Gasteiger charge is -2.23. The van der Waals surface area contributed by atoms with Gasteiger partial charge < -0.3 is 5.11 Å². The third kappa shape index (κ3) is 2.79. The molecule has 1 aliphatic rings. The highest BCUT2D eigenvalue weighted by molar-refractivity contribution is 6.01. The number of imide groups is 1. The molecule has 0 spiro atoms. The van der Waals surface area contributed by atoms with E-state index >= 15 is 0 Å². The van der Waals surface area contributed by atoms with Crippen molar-refractivity contribution in [2.75, 3.05) is 20.1 Å². The lowest BCUT2D eigenvalue weighted by Crippen LogP contribution is -2.42. The quantitative estimate of drug-likeness (QED) is 0.644. The van der Waals surface area contributed by atoms with Crippen LogP contribution in [0.4, 0.5) is 0 Å². The average molecular weight is 228 g/mol. The van der Waals surface area contributed by atoms with Crippen molar-refractivity contribution in [2.45, 2.75) is 25.8 Å². The van der Waals surface area contributed by atoms with E-state index in [1.165, 1.54) is 4.90 Å². The SMILES string of the molecule is CC(C(=O)O)N(C)CCN1C(=O)CCC1=O. The molecule has 1 aliphatic heterocycles. The maximum absolute atomic E-state index is 11.3. The molecule has 90 valence electrons. The fourth-order valence-electron chi connectivity index (χ4n) is 1.51. The predicted octanol–water partition coefficient (Wildman–Crippen LogP) is -0.460. The van der Waals surface area contributed by atoms with Gasteiger partial charge in [0, 0.05) is 25.9 Å². The second kappa shape index (κ2) is 5.07. The molecule has 0 bridgehead atoms. The summed E-state index contributed by atoms with van der Waals surface area (Å²) in [6.45, 7) is 2.21. The standard InChI is InChI=1S/C10H16N2O4/c1-7(10(15)16)11(2)5-6-12-8(13)3-4-9(12)14/h7H,3-6H2,1-2H3,(H,15,16). The number of amides is 2. The van der Waals surface area contributed by atoms with E-state index in [-0.39, 0.29) is 31.2 Å². The van der Waals surface area contributed by atoms with Gasteiger partial charge in [-0.05, 0) is 14.0 Å². The normalized spacial score (nSPS) is 18.3. The number of aliphatic carboxylic acids is 1. The van der Waals surface area contributed by atoms with Gasteiger partial charge in [-0.1, -0.05) is 0 Å². The van der Waals surface area contributed by atoms with Crippen LogP contribution in [-0.2, 0) is 14.4 Å². The molecule has 16 heavy (non-hydrogen) atoms. The largest absolute Gasteiger partial charge is 0.480 e. The zero-order valence-electron chi connectivity index (χ0n) is 9.47. The van der Waals surface area contributed by atoms with Crippen molar-refractivity contribution in [2.24, 2.45) is 0 Å². The number of carboxylic acid groups (broad SMARTS) is 1. The molecule has 2 amide bonds. The predicted molar refractivity (Wildman–Crippen MR) is 55.7 cm³/mol. The van der Waals surface area contributed by atoms with Crippen LogP contribution in [0.15, 0.2) is 0 Å². The molecule has 1 N–H and O–H groups in total. The molecular formula is C10H16N2O4. The van der Waals surface area contributed by atoms with Crippen molar-refractivity contribution in [1.29, 1.82) is 0 Å². The molecule has 0 aromatic carbocycles. The Balaban J connectivity index is 2.42. The molecule has 6 nitrogen and oxygen atoms in total. The minimum absolute atomic E-state index is 0.165. The van der Waals surface area contributed by atoms with Gasteiger partial charge in [-0.15, -0.1) is 0 Å². The molecule has 0 saturated carbocycles. The number of hydrogen-bond donors (Lipinski definition) is 1. The molecule has 0 aromatic rings. The fourth-order valence-corrected chi connectivity index (χ4v) is 1.51. The summed E-state index contributed by atoms with van der Waals surface area (Å²) in [4.78, 5) is 36.0. The van der Waals surface area contributed by atoms with E-state index in [2.05, 4.69) is 0 Å². The van der Waals surface area contributed by atoms with Gasteiger partial charge in [-0.2, -0.15) is 0 Å². The number of hydrogen-bond acceptors (Lipinski definition) is 4. The first-order valence-corrected chi connectivity index (χ1v) is 5.19. The van der Waals surface area contributed by atoms with Crippen LogP contribution in [0.3, 0.4) is 0 Å². The molecule has 1 rings (SSSR count). The number of likely N-dealkylation sites (N-methyl/N-ethyl adjacent to an activating group) is 1. The Hall–Kier alpha value is -1.43. The first kappa shape index (κ1) is 12.6. The summed E-state index contributed by atoms with van der Waals surface area (Å²) >= 11 is 0. The number of rotatable bonds is 5. The lowest BCUT2D eigenvalue weighted by atomic mass is 10.3. The summed E-state index contributed by atoms with van der Waals surface area (Å²) in [6, 6.07) is -0.618. The third-order valence-corrected chi connectivity index (χ3v) is 2.85. The van der Waals surface area contributed by atoms with Gasteiger partial charge in [0.1, 0.15) is 6.04 Å². The Morgan fingerprint density at radius 3 is 2.38 bits per heavy atom. The van der Waals surface area contributed by atoms with Crippen molar-refractivity contribution in [3.63, 3.8) is 0 Å². The fraction of sp³-hybridized carbons (Fsp3) is 0.700. The molecule has 0 aliphatic carbocycles. The van der Waals surface area contributed by atoms with Crippen LogP contribution in [0.2, 0.25) is 0 Å². The average Bonchev–Trinajstić information content (AvgIpc) is 2.54. The van der Waals surface area contributed by atoms with Gasteiger partial charge in [0.05, 0.1) is 0 Å². The molecule has 1 saturated heterocycles. The maximum Gasteiger partial charge on any atom is 0.320 e. The van der Waals surface area contributed by atoms with Gasteiger partial charge in [-0.3, -0.25) is 24.2 Å². The second-order valence-electron chi connectivity index (χ2n) is 3.93. The van der Waals surface area contributed by atoms with Crippen LogP contribution in [0, 0.1) is 0 Å². The van der Waals surface area contributed by atoms with Crippen LogP contribution in [0.1, 0.15) is 19.8 Å². The molecule has 1 heterocycles. The number of likely N-dealkylation sites (tertiary alicyclic amines) is 1. The Morgan fingerprint density at radius 1 is 1.44 bits per heavy atom. The number of carbonyl (C=O) groups is 3. The summed E-state index contributed by atoms with van der Waals surface area (Å²) in [6.07, 6.45) is 0.550. The van der Waals surface area contributed by atoms with Gasteiger partial charge in [0.2, 0.25) is 11.8 Å². The Bertz CT molecular complexity index is 300. The Labute approximate surface area is 93.8 Å². The van der Waals surface area contributed by atoms with E-state index in [1.54, 1.807) is 18.9 Å². The smallest absolute Gasteiger partial charge is 0.320 e.